The van der Waals surface area contributed by atoms with Crippen molar-refractivity contribution in [2.75, 3.05) is 24.9 Å². The normalized spacial score (nSPS) is 10.2. The van der Waals surface area contributed by atoms with Gasteiger partial charge < -0.3 is 20.1 Å². The molecule has 0 aliphatic heterocycles. The van der Waals surface area contributed by atoms with Crippen LogP contribution in [-0.4, -0.2) is 45.6 Å². The van der Waals surface area contributed by atoms with Crippen LogP contribution in [0.1, 0.15) is 13.8 Å². The van der Waals surface area contributed by atoms with E-state index in [0.29, 0.717) is 0 Å². The average Bonchev–Trinajstić information content (AvgIpc) is 3.42. The number of hydrogen-bond donors (Lipinski definition) is 2. The standard InChI is InChI=1S/C13H14BrN3O2.C13H15N3O2/c1-8(18)16-9-4-5-12(19-3)10(6-9)13-11(14)7-15-17(13)2;1-9(17)15-10-4-5-13(18-3)11(8-10)12-6-7-14-16(12)2/h4-7H,1-3H3,(H,16,18);4-8H,1-3H3,(H,15,17). The third kappa shape index (κ3) is 6.76. The monoisotopic (exact) mass is 568 g/mol. The molecule has 11 heteroatoms. The molecular formula is C26H29BrN6O4. The number of ether oxygens (including phenoxy) is 2. The fourth-order valence-electron chi connectivity index (χ4n) is 3.72. The van der Waals surface area contributed by atoms with Gasteiger partial charge >= 0.3 is 0 Å². The minimum atomic E-state index is -0.111. The summed E-state index contributed by atoms with van der Waals surface area (Å²) in [5, 5.41) is 13.8. The summed E-state index contributed by atoms with van der Waals surface area (Å²) in [6.45, 7) is 2.96. The first-order chi connectivity index (χ1) is 17.6. The summed E-state index contributed by atoms with van der Waals surface area (Å²) in [7, 11) is 6.94. The Hall–Kier alpha value is -4.12. The summed E-state index contributed by atoms with van der Waals surface area (Å²) < 4.78 is 15.1. The second-order valence-corrected chi connectivity index (χ2v) is 8.85. The van der Waals surface area contributed by atoms with Crippen LogP contribution in [0.25, 0.3) is 22.5 Å². The van der Waals surface area contributed by atoms with Gasteiger partial charge in [-0.2, -0.15) is 10.2 Å². The number of aryl methyl sites for hydroxylation is 2. The van der Waals surface area contributed by atoms with E-state index in [1.807, 2.05) is 44.4 Å². The van der Waals surface area contributed by atoms with Gasteiger partial charge in [-0.1, -0.05) is 0 Å². The molecule has 0 spiro atoms. The Balaban J connectivity index is 0.000000206. The number of nitrogens with zero attached hydrogens (tertiary/aromatic N) is 4. The van der Waals surface area contributed by atoms with Gasteiger partial charge in [-0.15, -0.1) is 0 Å². The van der Waals surface area contributed by atoms with Crippen molar-refractivity contribution in [3.05, 3.63) is 59.3 Å². The van der Waals surface area contributed by atoms with Crippen molar-refractivity contribution in [1.82, 2.24) is 19.6 Å². The molecule has 37 heavy (non-hydrogen) atoms. The van der Waals surface area contributed by atoms with E-state index in [1.54, 1.807) is 48.1 Å². The van der Waals surface area contributed by atoms with Crippen molar-refractivity contribution in [2.24, 2.45) is 14.1 Å². The maximum Gasteiger partial charge on any atom is 0.221 e. The van der Waals surface area contributed by atoms with Crippen LogP contribution in [-0.2, 0) is 23.7 Å². The van der Waals surface area contributed by atoms with E-state index in [9.17, 15) is 9.59 Å². The molecule has 0 aliphatic carbocycles. The third-order valence-electron chi connectivity index (χ3n) is 5.29. The number of rotatable bonds is 6. The van der Waals surface area contributed by atoms with Gasteiger partial charge in [-0.3, -0.25) is 19.0 Å². The SMILES string of the molecule is COc1ccc(NC(C)=O)cc1-c1c(Br)cnn1C.COc1ccc(NC(C)=O)cc1-c1ccnn1C. The molecule has 2 aromatic heterocycles. The number of hydrogen-bond acceptors (Lipinski definition) is 6. The molecule has 0 bridgehead atoms. The lowest BCUT2D eigenvalue weighted by Gasteiger charge is -2.12. The summed E-state index contributed by atoms with van der Waals surface area (Å²) in [6, 6.07) is 12.9. The van der Waals surface area contributed by atoms with Gasteiger partial charge in [0.1, 0.15) is 11.5 Å². The Kier molecular flexibility index (Phi) is 9.07. The molecule has 4 rings (SSSR count). The first kappa shape index (κ1) is 27.5. The van der Waals surface area contributed by atoms with Crippen LogP contribution in [0.2, 0.25) is 0 Å². The van der Waals surface area contributed by atoms with Crippen molar-refractivity contribution >= 4 is 39.1 Å². The lowest BCUT2D eigenvalue weighted by atomic mass is 10.1. The third-order valence-corrected chi connectivity index (χ3v) is 5.87. The Morgan fingerprint density at radius 1 is 0.811 bits per heavy atom. The van der Waals surface area contributed by atoms with E-state index >= 15 is 0 Å². The first-order valence-corrected chi connectivity index (χ1v) is 12.0. The van der Waals surface area contributed by atoms with Gasteiger partial charge in [0.05, 0.1) is 36.3 Å². The highest BCUT2D eigenvalue weighted by Gasteiger charge is 2.15. The highest BCUT2D eigenvalue weighted by atomic mass is 79.9. The zero-order valence-corrected chi connectivity index (χ0v) is 23.1. The molecule has 0 aliphatic rings. The number of nitrogens with one attached hydrogen (secondary N) is 2. The van der Waals surface area contributed by atoms with Gasteiger partial charge in [0.25, 0.3) is 0 Å². The highest BCUT2D eigenvalue weighted by Crippen LogP contribution is 2.36. The molecule has 0 radical (unpaired) electrons. The van der Waals surface area contributed by atoms with Crippen molar-refractivity contribution in [1.29, 1.82) is 0 Å². The van der Waals surface area contributed by atoms with E-state index in [2.05, 4.69) is 36.8 Å². The van der Waals surface area contributed by atoms with Crippen LogP contribution in [0.3, 0.4) is 0 Å². The van der Waals surface area contributed by atoms with Gasteiger partial charge in [0, 0.05) is 56.6 Å². The number of carbonyl (C=O) groups excluding carboxylic acids is 2. The second-order valence-electron chi connectivity index (χ2n) is 8.00. The highest BCUT2D eigenvalue weighted by molar-refractivity contribution is 9.10. The number of benzene rings is 2. The minimum Gasteiger partial charge on any atom is -0.496 e. The van der Waals surface area contributed by atoms with Crippen LogP contribution >= 0.6 is 15.9 Å². The van der Waals surface area contributed by atoms with Crippen LogP contribution in [0.15, 0.2) is 59.3 Å². The molecule has 10 nitrogen and oxygen atoms in total. The molecule has 0 atom stereocenters. The number of carbonyl (C=O) groups is 2. The molecule has 0 fully saturated rings. The summed E-state index contributed by atoms with van der Waals surface area (Å²) in [6.07, 6.45) is 3.44. The number of anilines is 2. The Bertz CT molecular complexity index is 1390. The van der Waals surface area contributed by atoms with Crippen LogP contribution in [0.4, 0.5) is 11.4 Å². The minimum absolute atomic E-state index is 0.101. The number of amides is 2. The Labute approximate surface area is 223 Å². The molecule has 4 aromatic rings. The largest absolute Gasteiger partial charge is 0.496 e. The van der Waals surface area contributed by atoms with Crippen molar-refractivity contribution in [3.8, 4) is 34.0 Å². The molecule has 0 saturated heterocycles. The van der Waals surface area contributed by atoms with Crippen molar-refractivity contribution < 1.29 is 19.1 Å². The lowest BCUT2D eigenvalue weighted by molar-refractivity contribution is -0.115. The van der Waals surface area contributed by atoms with E-state index in [0.717, 1.165) is 49.9 Å². The van der Waals surface area contributed by atoms with E-state index in [-0.39, 0.29) is 11.8 Å². The van der Waals surface area contributed by atoms with Crippen molar-refractivity contribution in [3.63, 3.8) is 0 Å². The van der Waals surface area contributed by atoms with Crippen LogP contribution < -0.4 is 20.1 Å². The van der Waals surface area contributed by atoms with Gasteiger partial charge in [-0.05, 0) is 58.4 Å². The summed E-state index contributed by atoms with van der Waals surface area (Å²) >= 11 is 3.47. The molecule has 0 unspecified atom stereocenters. The van der Waals surface area contributed by atoms with E-state index < -0.39 is 0 Å². The molecular weight excluding hydrogens is 540 g/mol. The average molecular weight is 569 g/mol. The van der Waals surface area contributed by atoms with Gasteiger partial charge in [0.2, 0.25) is 11.8 Å². The fraction of sp³-hybridized carbons (Fsp3) is 0.231. The van der Waals surface area contributed by atoms with Crippen LogP contribution in [0, 0.1) is 0 Å². The predicted octanol–water partition coefficient (Wildman–Crippen LogP) is 4.87. The molecule has 2 amide bonds. The summed E-state index contributed by atoms with van der Waals surface area (Å²) in [5.41, 5.74) is 5.03. The zero-order valence-electron chi connectivity index (χ0n) is 21.5. The Morgan fingerprint density at radius 2 is 1.35 bits per heavy atom. The molecule has 2 aromatic carbocycles. The maximum absolute atomic E-state index is 11.1. The Morgan fingerprint density at radius 3 is 1.78 bits per heavy atom. The summed E-state index contributed by atoms with van der Waals surface area (Å²) in [4.78, 5) is 22.2. The number of aromatic nitrogens is 4. The number of methoxy groups -OCH3 is 2. The maximum atomic E-state index is 11.1. The topological polar surface area (TPSA) is 112 Å². The second kappa shape index (κ2) is 12.2. The predicted molar refractivity (Wildman–Crippen MR) is 147 cm³/mol. The van der Waals surface area contributed by atoms with Crippen LogP contribution in [0.5, 0.6) is 11.5 Å². The van der Waals surface area contributed by atoms with E-state index in [4.69, 9.17) is 9.47 Å². The quantitative estimate of drug-likeness (QED) is 0.343. The lowest BCUT2D eigenvalue weighted by Crippen LogP contribution is -2.06. The first-order valence-electron chi connectivity index (χ1n) is 11.2. The number of halogens is 1. The van der Waals surface area contributed by atoms with Gasteiger partial charge in [-0.25, -0.2) is 0 Å². The molecule has 2 heterocycles. The van der Waals surface area contributed by atoms with E-state index in [1.165, 1.54) is 13.8 Å². The smallest absolute Gasteiger partial charge is 0.221 e. The molecule has 194 valence electrons. The summed E-state index contributed by atoms with van der Waals surface area (Å²) in [5.74, 6) is 1.25. The molecule has 2 N–H and O–H groups in total. The fourth-order valence-corrected chi connectivity index (χ4v) is 4.28. The van der Waals surface area contributed by atoms with Crippen molar-refractivity contribution in [2.45, 2.75) is 13.8 Å². The zero-order chi connectivity index (χ0) is 27.1. The molecule has 0 saturated carbocycles. The van der Waals surface area contributed by atoms with Gasteiger partial charge in [0.15, 0.2) is 0 Å².